The van der Waals surface area contributed by atoms with Gasteiger partial charge in [-0.05, 0) is 29.1 Å². The molecule has 0 fully saturated rings. The number of fused-ring (bicyclic) bond motifs is 2. The van der Waals surface area contributed by atoms with Crippen molar-refractivity contribution in [3.05, 3.63) is 103 Å². The Balaban J connectivity index is 1.52. The Morgan fingerprint density at radius 3 is 2.71 bits per heavy atom. The summed E-state index contributed by atoms with van der Waals surface area (Å²) in [4.78, 5) is 34.8. The third-order valence-electron chi connectivity index (χ3n) is 4.74. The molecule has 5 aromatic rings. The zero-order chi connectivity index (χ0) is 21.4. The lowest BCUT2D eigenvalue weighted by molar-refractivity contribution is 0.659. The summed E-state index contributed by atoms with van der Waals surface area (Å²) < 4.78 is 3.74. The number of hydrogen-bond acceptors (Lipinski definition) is 6. The number of thioether (sulfide) groups is 1. The Labute approximate surface area is 189 Å². The van der Waals surface area contributed by atoms with E-state index in [0.29, 0.717) is 44.0 Å². The van der Waals surface area contributed by atoms with Crippen molar-refractivity contribution in [3.63, 3.8) is 0 Å². The van der Waals surface area contributed by atoms with Crippen LogP contribution in [0.1, 0.15) is 11.3 Å². The van der Waals surface area contributed by atoms with Gasteiger partial charge in [-0.25, -0.2) is 9.97 Å². The van der Waals surface area contributed by atoms with Gasteiger partial charge < -0.3 is 0 Å². The van der Waals surface area contributed by atoms with Gasteiger partial charge in [-0.15, -0.1) is 11.3 Å². The molecule has 0 aliphatic rings. The molecule has 154 valence electrons. The highest BCUT2D eigenvalue weighted by molar-refractivity contribution is 7.98. The number of nitrogens with zero attached hydrogens (tertiary/aromatic N) is 4. The van der Waals surface area contributed by atoms with Gasteiger partial charge in [0.2, 0.25) is 0 Å². The summed E-state index contributed by atoms with van der Waals surface area (Å²) in [5.41, 5.74) is 2.57. The molecule has 0 bridgehead atoms. The molecule has 0 aliphatic heterocycles. The van der Waals surface area contributed by atoms with Crippen molar-refractivity contribution in [2.24, 2.45) is 0 Å². The first-order valence-corrected chi connectivity index (χ1v) is 11.7. The molecule has 4 heterocycles. The average molecular weight is 467 g/mol. The molecule has 0 radical (unpaired) electrons. The molecule has 0 atom stereocenters. The largest absolute Gasteiger partial charge is 0.282 e. The third kappa shape index (κ3) is 4.01. The van der Waals surface area contributed by atoms with Crippen LogP contribution in [0.3, 0.4) is 0 Å². The zero-order valence-corrected chi connectivity index (χ0v) is 18.5. The van der Waals surface area contributed by atoms with E-state index in [1.54, 1.807) is 22.9 Å². The second-order valence-electron chi connectivity index (χ2n) is 6.86. The first-order chi connectivity index (χ1) is 15.1. The van der Waals surface area contributed by atoms with E-state index in [1.807, 2.05) is 41.8 Å². The van der Waals surface area contributed by atoms with Crippen LogP contribution in [0.25, 0.3) is 15.9 Å². The fourth-order valence-corrected chi connectivity index (χ4v) is 5.11. The van der Waals surface area contributed by atoms with Crippen LogP contribution in [0, 0.1) is 0 Å². The van der Waals surface area contributed by atoms with Crippen molar-refractivity contribution in [3.8, 4) is 0 Å². The molecule has 0 N–H and O–H groups in total. The number of rotatable bonds is 5. The van der Waals surface area contributed by atoms with Gasteiger partial charge in [0.05, 0.1) is 22.8 Å². The Kier molecular flexibility index (Phi) is 5.35. The highest BCUT2D eigenvalue weighted by atomic mass is 35.5. The minimum absolute atomic E-state index is 0.0625. The topological polar surface area (TPSA) is 69.3 Å². The summed E-state index contributed by atoms with van der Waals surface area (Å²) in [6.07, 6.45) is 1.55. The van der Waals surface area contributed by atoms with E-state index < -0.39 is 0 Å². The molecule has 4 aromatic heterocycles. The van der Waals surface area contributed by atoms with Crippen LogP contribution in [-0.2, 0) is 12.3 Å². The molecular formula is C22H15ClN4O2S2. The van der Waals surface area contributed by atoms with E-state index in [4.69, 9.17) is 16.6 Å². The number of benzene rings is 1. The first kappa shape index (κ1) is 20.0. The maximum absolute atomic E-state index is 13.1. The molecule has 31 heavy (non-hydrogen) atoms. The van der Waals surface area contributed by atoms with Gasteiger partial charge in [-0.3, -0.25) is 18.6 Å². The molecule has 0 unspecified atom stereocenters. The molecule has 0 saturated carbocycles. The smallest absolute Gasteiger partial charge is 0.272 e. The van der Waals surface area contributed by atoms with Gasteiger partial charge in [-0.2, -0.15) is 0 Å². The standard InChI is InChI=1S/C22H15ClN4O2S2/c23-15-6-7-18-24-16(10-19(28)26(18)12-15)13-31-22-25-17-8-9-30-20(17)21(29)27(22)11-14-4-2-1-3-5-14/h1-10,12H,11,13H2. The van der Waals surface area contributed by atoms with Gasteiger partial charge in [0.1, 0.15) is 10.3 Å². The minimum Gasteiger partial charge on any atom is -0.282 e. The molecule has 9 heteroatoms. The van der Waals surface area contributed by atoms with Crippen molar-refractivity contribution < 1.29 is 0 Å². The Bertz CT molecular complexity index is 1530. The van der Waals surface area contributed by atoms with Crippen LogP contribution >= 0.6 is 34.7 Å². The van der Waals surface area contributed by atoms with Crippen LogP contribution in [0.5, 0.6) is 0 Å². The summed E-state index contributed by atoms with van der Waals surface area (Å²) in [7, 11) is 0. The van der Waals surface area contributed by atoms with E-state index >= 15 is 0 Å². The van der Waals surface area contributed by atoms with E-state index in [-0.39, 0.29) is 11.1 Å². The Hall–Kier alpha value is -2.94. The summed E-state index contributed by atoms with van der Waals surface area (Å²) in [6, 6.07) is 16.5. The summed E-state index contributed by atoms with van der Waals surface area (Å²) >= 11 is 8.76. The summed E-state index contributed by atoms with van der Waals surface area (Å²) in [6.45, 7) is 0.426. The highest BCUT2D eigenvalue weighted by Gasteiger charge is 2.14. The van der Waals surface area contributed by atoms with Gasteiger partial charge in [0.25, 0.3) is 11.1 Å². The zero-order valence-electron chi connectivity index (χ0n) is 16.1. The Morgan fingerprint density at radius 1 is 1.03 bits per heavy atom. The molecule has 6 nitrogen and oxygen atoms in total. The number of pyridine rings is 1. The number of halogens is 1. The predicted molar refractivity (Wildman–Crippen MR) is 125 cm³/mol. The van der Waals surface area contributed by atoms with Crippen LogP contribution in [-0.4, -0.2) is 18.9 Å². The molecule has 0 spiro atoms. The molecule has 0 saturated heterocycles. The second-order valence-corrected chi connectivity index (χ2v) is 9.15. The fourth-order valence-electron chi connectivity index (χ4n) is 3.28. The predicted octanol–water partition coefficient (Wildman–Crippen LogP) is 4.46. The fraction of sp³-hybridized carbons (Fsp3) is 0.0909. The van der Waals surface area contributed by atoms with Crippen LogP contribution < -0.4 is 11.1 Å². The highest BCUT2D eigenvalue weighted by Crippen LogP contribution is 2.24. The maximum Gasteiger partial charge on any atom is 0.272 e. The molecule has 1 aromatic carbocycles. The monoisotopic (exact) mass is 466 g/mol. The lowest BCUT2D eigenvalue weighted by atomic mass is 10.2. The van der Waals surface area contributed by atoms with E-state index in [0.717, 1.165) is 5.56 Å². The molecular weight excluding hydrogens is 452 g/mol. The van der Waals surface area contributed by atoms with E-state index in [1.165, 1.54) is 33.6 Å². The molecule has 0 aliphatic carbocycles. The lowest BCUT2D eigenvalue weighted by Crippen LogP contribution is -2.23. The number of aromatic nitrogens is 4. The lowest BCUT2D eigenvalue weighted by Gasteiger charge is -2.12. The molecule has 5 rings (SSSR count). The van der Waals surface area contributed by atoms with Crippen molar-refractivity contribution in [2.45, 2.75) is 17.5 Å². The summed E-state index contributed by atoms with van der Waals surface area (Å²) in [5, 5.41) is 2.94. The van der Waals surface area contributed by atoms with Crippen molar-refractivity contribution in [1.29, 1.82) is 0 Å². The van der Waals surface area contributed by atoms with Crippen molar-refractivity contribution in [1.82, 2.24) is 18.9 Å². The van der Waals surface area contributed by atoms with Crippen molar-refractivity contribution >= 4 is 50.6 Å². The summed E-state index contributed by atoms with van der Waals surface area (Å²) in [5.74, 6) is 0.408. The number of hydrogen-bond donors (Lipinski definition) is 0. The van der Waals surface area contributed by atoms with E-state index in [2.05, 4.69) is 4.98 Å². The van der Waals surface area contributed by atoms with Crippen LogP contribution in [0.2, 0.25) is 5.02 Å². The second kappa shape index (κ2) is 8.30. The number of thiophene rings is 1. The van der Waals surface area contributed by atoms with Gasteiger partial charge >= 0.3 is 0 Å². The van der Waals surface area contributed by atoms with E-state index in [9.17, 15) is 9.59 Å². The van der Waals surface area contributed by atoms with Gasteiger partial charge in [0.15, 0.2) is 5.16 Å². The average Bonchev–Trinajstić information content (AvgIpc) is 3.25. The SMILES string of the molecule is O=c1c2sccc2nc(SCc2cc(=O)n3cc(Cl)ccc3n2)n1Cc1ccccc1. The minimum atomic E-state index is -0.203. The first-order valence-electron chi connectivity index (χ1n) is 9.41. The van der Waals surface area contributed by atoms with Gasteiger partial charge in [0, 0.05) is 18.0 Å². The van der Waals surface area contributed by atoms with Gasteiger partial charge in [-0.1, -0.05) is 53.7 Å². The molecule has 0 amide bonds. The normalized spacial score (nSPS) is 11.4. The van der Waals surface area contributed by atoms with Crippen LogP contribution in [0.15, 0.2) is 80.9 Å². The Morgan fingerprint density at radius 2 is 1.87 bits per heavy atom. The van der Waals surface area contributed by atoms with Crippen LogP contribution in [0.4, 0.5) is 0 Å². The quantitative estimate of drug-likeness (QED) is 0.282. The third-order valence-corrected chi connectivity index (χ3v) is 6.87. The van der Waals surface area contributed by atoms with Crippen molar-refractivity contribution in [2.75, 3.05) is 0 Å². The maximum atomic E-state index is 13.1.